The van der Waals surface area contributed by atoms with Gasteiger partial charge in [-0.2, -0.15) is 0 Å². The molecule has 0 aromatic heterocycles. The second-order valence-electron chi connectivity index (χ2n) is 9.92. The molecule has 2 aromatic carbocycles. The molecule has 198 valence electrons. The molecule has 11 nitrogen and oxygen atoms in total. The molecule has 1 spiro atoms. The molecule has 0 bridgehead atoms. The van der Waals surface area contributed by atoms with E-state index in [2.05, 4.69) is 16.0 Å². The highest BCUT2D eigenvalue weighted by Gasteiger charge is 2.58. The summed E-state index contributed by atoms with van der Waals surface area (Å²) in [4.78, 5) is 54.3. The molecule has 4 aliphatic rings. The quantitative estimate of drug-likeness (QED) is 0.525. The van der Waals surface area contributed by atoms with Gasteiger partial charge in [-0.25, -0.2) is 14.0 Å². The average Bonchev–Trinajstić information content (AvgIpc) is 3.66. The summed E-state index contributed by atoms with van der Waals surface area (Å²) in [6, 6.07) is 7.63. The molecule has 1 saturated heterocycles. The summed E-state index contributed by atoms with van der Waals surface area (Å²) in [6.07, 6.45) is 1.89. The van der Waals surface area contributed by atoms with Gasteiger partial charge in [0.2, 0.25) is 5.91 Å². The standard InChI is InChI=1S/C26H26FN5O6/c1-28-24(35)29-17-5-6-18-21(9-17)38-13-26(18)23(34)32(25(36)30-26)11-22(33)31-10-15-8-16(27)4-7-20(15)37-12-19(31)14-2-3-14/h4-9,14,19H,2-3,10-13H2,1H3,(H,30,36)(H2,28,29,35)/t19-,26+/m0/s1. The number of urea groups is 2. The number of halogens is 1. The summed E-state index contributed by atoms with van der Waals surface area (Å²) in [6.45, 7) is -0.233. The van der Waals surface area contributed by atoms with Gasteiger partial charge in [-0.05, 0) is 43.0 Å². The number of fused-ring (bicyclic) bond motifs is 3. The van der Waals surface area contributed by atoms with E-state index in [0.29, 0.717) is 28.3 Å². The summed E-state index contributed by atoms with van der Waals surface area (Å²) < 4.78 is 25.6. The molecule has 12 heteroatoms. The van der Waals surface area contributed by atoms with Crippen molar-refractivity contribution in [2.75, 3.05) is 32.1 Å². The highest BCUT2D eigenvalue weighted by molar-refractivity contribution is 6.10. The molecule has 2 atom stereocenters. The van der Waals surface area contributed by atoms with Crippen molar-refractivity contribution in [1.29, 1.82) is 0 Å². The minimum Gasteiger partial charge on any atom is -0.491 e. The number of anilines is 1. The van der Waals surface area contributed by atoms with Crippen LogP contribution in [0.2, 0.25) is 0 Å². The molecule has 6 amide bonds. The Labute approximate surface area is 217 Å². The number of hydrogen-bond acceptors (Lipinski definition) is 6. The summed E-state index contributed by atoms with van der Waals surface area (Å²) >= 11 is 0. The van der Waals surface area contributed by atoms with Crippen molar-refractivity contribution in [3.63, 3.8) is 0 Å². The summed E-state index contributed by atoms with van der Waals surface area (Å²) in [5, 5.41) is 7.79. The van der Waals surface area contributed by atoms with Crippen molar-refractivity contribution in [3.05, 3.63) is 53.3 Å². The number of amides is 6. The highest BCUT2D eigenvalue weighted by Crippen LogP contribution is 2.43. The minimum absolute atomic E-state index is 0.120. The molecule has 0 unspecified atom stereocenters. The van der Waals surface area contributed by atoms with Gasteiger partial charge in [0.05, 0.1) is 6.04 Å². The summed E-state index contributed by atoms with van der Waals surface area (Å²) in [7, 11) is 1.49. The zero-order valence-corrected chi connectivity index (χ0v) is 20.6. The van der Waals surface area contributed by atoms with Gasteiger partial charge in [0.1, 0.15) is 37.1 Å². The van der Waals surface area contributed by atoms with E-state index in [1.807, 2.05) is 0 Å². The van der Waals surface area contributed by atoms with Crippen LogP contribution in [-0.2, 0) is 21.7 Å². The topological polar surface area (TPSA) is 129 Å². The Morgan fingerprint density at radius 3 is 2.71 bits per heavy atom. The number of benzene rings is 2. The van der Waals surface area contributed by atoms with Crippen LogP contribution in [-0.4, -0.2) is 66.5 Å². The number of hydrogen-bond donors (Lipinski definition) is 3. The first-order chi connectivity index (χ1) is 18.3. The minimum atomic E-state index is -1.47. The smallest absolute Gasteiger partial charge is 0.325 e. The van der Waals surface area contributed by atoms with E-state index in [-0.39, 0.29) is 31.7 Å². The molecule has 38 heavy (non-hydrogen) atoms. The summed E-state index contributed by atoms with van der Waals surface area (Å²) in [5.74, 6) is -0.340. The SMILES string of the molecule is CNC(=O)Nc1ccc2c(c1)OC[C@@]21NC(=O)N(CC(=O)N2Cc3cc(F)ccc3OC[C@H]2C2CC2)C1=O. The van der Waals surface area contributed by atoms with Gasteiger partial charge < -0.3 is 30.3 Å². The first-order valence-corrected chi connectivity index (χ1v) is 12.4. The van der Waals surface area contributed by atoms with Crippen molar-refractivity contribution < 1.29 is 33.0 Å². The highest BCUT2D eigenvalue weighted by atomic mass is 19.1. The Morgan fingerprint density at radius 2 is 1.95 bits per heavy atom. The Kier molecular flexibility index (Phi) is 5.62. The maximum Gasteiger partial charge on any atom is 0.325 e. The van der Waals surface area contributed by atoms with Crippen LogP contribution >= 0.6 is 0 Å². The largest absolute Gasteiger partial charge is 0.491 e. The molecule has 3 heterocycles. The number of carbonyl (C=O) groups is 4. The van der Waals surface area contributed by atoms with E-state index in [4.69, 9.17) is 9.47 Å². The van der Waals surface area contributed by atoms with Crippen molar-refractivity contribution >= 4 is 29.6 Å². The lowest BCUT2D eigenvalue weighted by atomic mass is 9.92. The summed E-state index contributed by atoms with van der Waals surface area (Å²) in [5.41, 5.74) is -0.0347. The maximum absolute atomic E-state index is 13.9. The number of ether oxygens (including phenoxy) is 2. The Morgan fingerprint density at radius 1 is 1.13 bits per heavy atom. The van der Waals surface area contributed by atoms with Crippen molar-refractivity contribution in [3.8, 4) is 11.5 Å². The van der Waals surface area contributed by atoms with Crippen molar-refractivity contribution in [1.82, 2.24) is 20.4 Å². The fourth-order valence-electron chi connectivity index (χ4n) is 5.33. The van der Waals surface area contributed by atoms with Gasteiger partial charge in [0, 0.05) is 36.5 Å². The third-order valence-electron chi connectivity index (χ3n) is 7.50. The molecule has 1 saturated carbocycles. The Balaban J connectivity index is 1.23. The Bertz CT molecular complexity index is 1360. The lowest BCUT2D eigenvalue weighted by Gasteiger charge is -2.30. The molecule has 6 rings (SSSR count). The van der Waals surface area contributed by atoms with E-state index in [9.17, 15) is 23.6 Å². The number of carbonyl (C=O) groups excluding carboxylic acids is 4. The van der Waals surface area contributed by atoms with E-state index >= 15 is 0 Å². The van der Waals surface area contributed by atoms with Crippen molar-refractivity contribution in [2.24, 2.45) is 5.92 Å². The van der Waals surface area contributed by atoms with Crippen LogP contribution in [0.1, 0.15) is 24.0 Å². The molecular formula is C26H26FN5O6. The second kappa shape index (κ2) is 8.89. The number of imide groups is 1. The molecule has 3 N–H and O–H groups in total. The maximum atomic E-state index is 13.9. The average molecular weight is 524 g/mol. The van der Waals surface area contributed by atoms with Crippen LogP contribution in [0, 0.1) is 11.7 Å². The predicted octanol–water partition coefficient (Wildman–Crippen LogP) is 1.92. The van der Waals surface area contributed by atoms with E-state index < -0.39 is 41.8 Å². The van der Waals surface area contributed by atoms with E-state index in [1.54, 1.807) is 29.2 Å². The van der Waals surface area contributed by atoms with Gasteiger partial charge in [0.15, 0.2) is 5.54 Å². The zero-order valence-electron chi connectivity index (χ0n) is 20.6. The third-order valence-corrected chi connectivity index (χ3v) is 7.50. The molecule has 2 aromatic rings. The fraction of sp³-hybridized carbons (Fsp3) is 0.385. The Hall–Kier alpha value is -4.35. The van der Waals surface area contributed by atoms with Gasteiger partial charge in [-0.15, -0.1) is 0 Å². The molecule has 2 fully saturated rings. The zero-order chi connectivity index (χ0) is 26.6. The fourth-order valence-corrected chi connectivity index (χ4v) is 5.33. The van der Waals surface area contributed by atoms with Gasteiger partial charge in [-0.3, -0.25) is 14.5 Å². The van der Waals surface area contributed by atoms with Gasteiger partial charge >= 0.3 is 12.1 Å². The predicted molar refractivity (Wildman–Crippen MR) is 131 cm³/mol. The lowest BCUT2D eigenvalue weighted by Crippen LogP contribution is -2.49. The first kappa shape index (κ1) is 24.0. The van der Waals surface area contributed by atoms with Crippen LogP contribution < -0.4 is 25.4 Å². The van der Waals surface area contributed by atoms with Crippen LogP contribution in [0.4, 0.5) is 19.7 Å². The van der Waals surface area contributed by atoms with Gasteiger partial charge in [0.25, 0.3) is 5.91 Å². The second-order valence-corrected chi connectivity index (χ2v) is 9.92. The van der Waals surface area contributed by atoms with Crippen LogP contribution in [0.5, 0.6) is 11.5 Å². The van der Waals surface area contributed by atoms with Crippen LogP contribution in [0.25, 0.3) is 0 Å². The molecule has 1 aliphatic carbocycles. The first-order valence-electron chi connectivity index (χ1n) is 12.4. The molecule has 0 radical (unpaired) electrons. The van der Waals surface area contributed by atoms with Gasteiger partial charge in [-0.1, -0.05) is 6.07 Å². The van der Waals surface area contributed by atoms with Crippen LogP contribution in [0.3, 0.4) is 0 Å². The van der Waals surface area contributed by atoms with Crippen molar-refractivity contribution in [2.45, 2.75) is 31.0 Å². The monoisotopic (exact) mass is 523 g/mol. The molecule has 3 aliphatic heterocycles. The molecular weight excluding hydrogens is 497 g/mol. The third kappa shape index (κ3) is 3.96. The normalized spacial score (nSPS) is 23.7. The van der Waals surface area contributed by atoms with E-state index in [0.717, 1.165) is 17.7 Å². The number of nitrogens with zero attached hydrogens (tertiary/aromatic N) is 2. The van der Waals surface area contributed by atoms with E-state index in [1.165, 1.54) is 19.2 Å². The number of rotatable bonds is 4. The van der Waals surface area contributed by atoms with Crippen LogP contribution in [0.15, 0.2) is 36.4 Å². The lowest BCUT2D eigenvalue weighted by molar-refractivity contribution is -0.141. The number of nitrogens with one attached hydrogen (secondary N) is 3.